The Balaban J connectivity index is 2.10. The van der Waals surface area contributed by atoms with Crippen molar-refractivity contribution in [3.63, 3.8) is 0 Å². The molecule has 0 atom stereocenters. The third kappa shape index (κ3) is 3.80. The third-order valence-corrected chi connectivity index (χ3v) is 2.64. The summed E-state index contributed by atoms with van der Waals surface area (Å²) in [5.74, 6) is 0.977. The van der Waals surface area contributed by atoms with Gasteiger partial charge in [-0.1, -0.05) is 11.8 Å². The summed E-state index contributed by atoms with van der Waals surface area (Å²) in [7, 11) is 1.98. The molecular formula is C8H15N3OS. The summed E-state index contributed by atoms with van der Waals surface area (Å²) in [5, 5.41) is 12.7. The largest absolute Gasteiger partial charge is 0.395 e. The zero-order valence-corrected chi connectivity index (χ0v) is 8.55. The van der Waals surface area contributed by atoms with Gasteiger partial charge in [0.25, 0.3) is 0 Å². The molecule has 0 aliphatic carbocycles. The summed E-state index contributed by atoms with van der Waals surface area (Å²) < 4.78 is 2.00. The molecule has 1 aromatic rings. The summed E-state index contributed by atoms with van der Waals surface area (Å²) in [5.41, 5.74) is 0. The van der Waals surface area contributed by atoms with E-state index in [2.05, 4.69) is 10.3 Å². The molecule has 1 rings (SSSR count). The van der Waals surface area contributed by atoms with Gasteiger partial charge < -0.3 is 15.0 Å². The maximum absolute atomic E-state index is 8.51. The fourth-order valence-electron chi connectivity index (χ4n) is 0.910. The van der Waals surface area contributed by atoms with E-state index >= 15 is 0 Å². The second-order valence-corrected chi connectivity index (χ2v) is 3.70. The number of nitrogens with zero attached hydrogens (tertiary/aromatic N) is 2. The third-order valence-electron chi connectivity index (χ3n) is 1.58. The van der Waals surface area contributed by atoms with Gasteiger partial charge in [-0.3, -0.25) is 0 Å². The molecule has 74 valence electrons. The van der Waals surface area contributed by atoms with Gasteiger partial charge in [0.2, 0.25) is 0 Å². The smallest absolute Gasteiger partial charge is 0.167 e. The molecule has 0 fully saturated rings. The number of nitrogens with one attached hydrogen (secondary N) is 1. The van der Waals surface area contributed by atoms with E-state index in [1.807, 2.05) is 17.8 Å². The molecular weight excluding hydrogens is 186 g/mol. The fourth-order valence-corrected chi connectivity index (χ4v) is 1.74. The van der Waals surface area contributed by atoms with Crippen molar-refractivity contribution in [2.75, 3.05) is 25.4 Å². The summed E-state index contributed by atoms with van der Waals surface area (Å²) in [6, 6.07) is 0. The number of imidazole rings is 1. The quantitative estimate of drug-likeness (QED) is 0.506. The molecule has 0 radical (unpaired) electrons. The summed E-state index contributed by atoms with van der Waals surface area (Å²) in [4.78, 5) is 4.18. The van der Waals surface area contributed by atoms with Crippen LogP contribution in [0.2, 0.25) is 0 Å². The Labute approximate surface area is 82.4 Å². The van der Waals surface area contributed by atoms with Crippen LogP contribution in [-0.2, 0) is 7.05 Å². The Hall–Kier alpha value is -0.520. The molecule has 0 aromatic carbocycles. The van der Waals surface area contributed by atoms with Gasteiger partial charge in [0.05, 0.1) is 6.61 Å². The first-order valence-corrected chi connectivity index (χ1v) is 5.25. The van der Waals surface area contributed by atoms with Crippen LogP contribution >= 0.6 is 11.8 Å². The second-order valence-electron chi connectivity index (χ2n) is 2.64. The Morgan fingerprint density at radius 2 is 2.46 bits per heavy atom. The number of aliphatic hydroxyl groups is 1. The molecule has 1 aromatic heterocycles. The zero-order chi connectivity index (χ0) is 9.52. The van der Waals surface area contributed by atoms with Gasteiger partial charge in [0, 0.05) is 38.3 Å². The van der Waals surface area contributed by atoms with Gasteiger partial charge in [-0.25, -0.2) is 4.98 Å². The Morgan fingerprint density at radius 1 is 1.62 bits per heavy atom. The first-order chi connectivity index (χ1) is 6.34. The normalized spacial score (nSPS) is 10.6. The first-order valence-electron chi connectivity index (χ1n) is 4.26. The minimum absolute atomic E-state index is 0.201. The minimum Gasteiger partial charge on any atom is -0.395 e. The molecule has 0 saturated carbocycles. The van der Waals surface area contributed by atoms with E-state index in [1.54, 1.807) is 18.0 Å². The van der Waals surface area contributed by atoms with Gasteiger partial charge in [-0.15, -0.1) is 0 Å². The maximum Gasteiger partial charge on any atom is 0.167 e. The van der Waals surface area contributed by atoms with Gasteiger partial charge in [0.1, 0.15) is 0 Å². The highest BCUT2D eigenvalue weighted by Crippen LogP contribution is 2.12. The molecule has 13 heavy (non-hydrogen) atoms. The number of aromatic nitrogens is 2. The number of aryl methyl sites for hydroxylation is 1. The van der Waals surface area contributed by atoms with Crippen molar-refractivity contribution in [3.8, 4) is 0 Å². The lowest BCUT2D eigenvalue weighted by Gasteiger charge is -2.02. The molecule has 2 N–H and O–H groups in total. The lowest BCUT2D eigenvalue weighted by molar-refractivity contribution is 0.294. The lowest BCUT2D eigenvalue weighted by Crippen LogP contribution is -2.20. The summed E-state index contributed by atoms with van der Waals surface area (Å²) in [6.45, 7) is 1.77. The van der Waals surface area contributed by atoms with E-state index in [1.165, 1.54) is 0 Å². The number of hydrogen-bond acceptors (Lipinski definition) is 4. The molecule has 0 saturated heterocycles. The molecule has 4 nitrogen and oxygen atoms in total. The Kier molecular flexibility index (Phi) is 4.88. The van der Waals surface area contributed by atoms with Crippen LogP contribution in [0.25, 0.3) is 0 Å². The molecule has 5 heteroatoms. The fraction of sp³-hybridized carbons (Fsp3) is 0.625. The molecule has 0 amide bonds. The van der Waals surface area contributed by atoms with Crippen LogP contribution in [0.4, 0.5) is 0 Å². The highest BCUT2D eigenvalue weighted by Gasteiger charge is 1.97. The molecule has 0 aliphatic heterocycles. The first kappa shape index (κ1) is 10.6. The molecule has 0 unspecified atom stereocenters. The zero-order valence-electron chi connectivity index (χ0n) is 7.73. The second kappa shape index (κ2) is 6.01. The number of hydrogen-bond donors (Lipinski definition) is 2. The maximum atomic E-state index is 8.51. The topological polar surface area (TPSA) is 50.1 Å². The number of rotatable bonds is 6. The van der Waals surface area contributed by atoms with Gasteiger partial charge in [-0.2, -0.15) is 0 Å². The van der Waals surface area contributed by atoms with Gasteiger partial charge in [-0.05, 0) is 0 Å². The number of aliphatic hydroxyl groups excluding tert-OH is 1. The van der Waals surface area contributed by atoms with Crippen molar-refractivity contribution in [2.24, 2.45) is 7.05 Å². The van der Waals surface area contributed by atoms with Gasteiger partial charge >= 0.3 is 0 Å². The van der Waals surface area contributed by atoms with Crippen molar-refractivity contribution in [3.05, 3.63) is 12.4 Å². The van der Waals surface area contributed by atoms with Crippen molar-refractivity contribution < 1.29 is 5.11 Å². The van der Waals surface area contributed by atoms with E-state index in [4.69, 9.17) is 5.11 Å². The van der Waals surface area contributed by atoms with Crippen LogP contribution < -0.4 is 5.32 Å². The van der Waals surface area contributed by atoms with E-state index < -0.39 is 0 Å². The van der Waals surface area contributed by atoms with Crippen molar-refractivity contribution >= 4 is 11.8 Å². The summed E-state index contributed by atoms with van der Waals surface area (Å²) >= 11 is 1.71. The average Bonchev–Trinajstić information content (AvgIpc) is 2.52. The molecule has 0 aliphatic rings. The van der Waals surface area contributed by atoms with Gasteiger partial charge in [0.15, 0.2) is 5.16 Å². The van der Waals surface area contributed by atoms with Crippen molar-refractivity contribution in [1.29, 1.82) is 0 Å². The molecule has 1 heterocycles. The van der Waals surface area contributed by atoms with Crippen LogP contribution in [0.3, 0.4) is 0 Å². The molecule has 0 spiro atoms. The lowest BCUT2D eigenvalue weighted by atomic mass is 10.6. The van der Waals surface area contributed by atoms with E-state index in [0.29, 0.717) is 6.54 Å². The van der Waals surface area contributed by atoms with Crippen LogP contribution in [0.15, 0.2) is 17.6 Å². The Morgan fingerprint density at radius 3 is 3.08 bits per heavy atom. The van der Waals surface area contributed by atoms with Crippen molar-refractivity contribution in [1.82, 2.24) is 14.9 Å². The van der Waals surface area contributed by atoms with E-state index in [0.717, 1.165) is 17.5 Å². The predicted molar refractivity (Wildman–Crippen MR) is 53.9 cm³/mol. The average molecular weight is 201 g/mol. The monoisotopic (exact) mass is 201 g/mol. The minimum atomic E-state index is 0.201. The number of thioether (sulfide) groups is 1. The Bertz CT molecular complexity index is 239. The standard InChI is InChI=1S/C8H15N3OS/c1-11-5-2-10-8(11)13-7-4-9-3-6-12/h2,5,9,12H,3-4,6-7H2,1H3. The summed E-state index contributed by atoms with van der Waals surface area (Å²) in [6.07, 6.45) is 3.73. The van der Waals surface area contributed by atoms with E-state index in [-0.39, 0.29) is 6.61 Å². The van der Waals surface area contributed by atoms with Crippen molar-refractivity contribution in [2.45, 2.75) is 5.16 Å². The SMILES string of the molecule is Cn1ccnc1SCCNCCO. The van der Waals surface area contributed by atoms with Crippen LogP contribution in [0.1, 0.15) is 0 Å². The highest BCUT2D eigenvalue weighted by molar-refractivity contribution is 7.99. The highest BCUT2D eigenvalue weighted by atomic mass is 32.2. The van der Waals surface area contributed by atoms with Crippen LogP contribution in [-0.4, -0.2) is 40.1 Å². The van der Waals surface area contributed by atoms with Crippen LogP contribution in [0.5, 0.6) is 0 Å². The van der Waals surface area contributed by atoms with E-state index in [9.17, 15) is 0 Å². The van der Waals surface area contributed by atoms with Crippen LogP contribution in [0, 0.1) is 0 Å². The predicted octanol–water partition coefficient (Wildman–Crippen LogP) is 0.0941. The molecule has 0 bridgehead atoms.